The van der Waals surface area contributed by atoms with Crippen molar-refractivity contribution in [1.29, 1.82) is 5.26 Å². The molecule has 5 rings (SSSR count). The topological polar surface area (TPSA) is 39.1 Å². The number of fused-ring (bicyclic) bond motifs is 3. The van der Waals surface area contributed by atoms with Gasteiger partial charge in [-0.05, 0) is 98.1 Å². The predicted octanol–water partition coefficient (Wildman–Crippen LogP) is 3.30. The van der Waals surface area contributed by atoms with E-state index in [0.717, 1.165) is 37.5 Å². The fourth-order valence-electron chi connectivity index (χ4n) is 5.80. The third kappa shape index (κ3) is 2.67. The van der Waals surface area contributed by atoms with Gasteiger partial charge in [-0.1, -0.05) is 12.6 Å². The van der Waals surface area contributed by atoms with Crippen molar-refractivity contribution in [3.63, 3.8) is 0 Å². The molecule has 1 aromatic rings. The van der Waals surface area contributed by atoms with Gasteiger partial charge < -0.3 is 10.2 Å². The smallest absolute Gasteiger partial charge is 0.117 e. The monoisotopic (exact) mass is 347 g/mol. The van der Waals surface area contributed by atoms with Crippen LogP contribution in [0.4, 0.5) is 0 Å². The lowest BCUT2D eigenvalue weighted by Crippen LogP contribution is -2.35. The van der Waals surface area contributed by atoms with E-state index in [1.54, 1.807) is 27.8 Å². The molecule has 0 bridgehead atoms. The zero-order valence-electron chi connectivity index (χ0n) is 15.7. The summed E-state index contributed by atoms with van der Waals surface area (Å²) in [5.41, 5.74) is 9.42. The number of benzene rings is 1. The molecule has 0 amide bonds. The Morgan fingerprint density at radius 2 is 1.88 bits per heavy atom. The van der Waals surface area contributed by atoms with Crippen LogP contribution in [0.2, 0.25) is 0 Å². The molecule has 3 aliphatic carbocycles. The summed E-state index contributed by atoms with van der Waals surface area (Å²) in [6.45, 7) is 6.12. The maximum Gasteiger partial charge on any atom is 0.117 e. The molecule has 1 unspecified atom stereocenters. The standard InChI is InChI=1S/C23H29N3/c1-15(26-19(13-24)11-18-12-23(18)26)14-25-9-8-22-20-6-2-4-16(20)10-17-5-3-7-21(17)22/h10,18-19,23,25H,1-9,11-12,14H2/t18-,19?,23+/m1/s1. The first kappa shape index (κ1) is 16.4. The molecule has 4 aliphatic rings. The molecule has 136 valence electrons. The lowest BCUT2D eigenvalue weighted by Gasteiger charge is -2.27. The van der Waals surface area contributed by atoms with E-state index in [1.165, 1.54) is 44.9 Å². The van der Waals surface area contributed by atoms with Gasteiger partial charge in [0.05, 0.1) is 6.07 Å². The van der Waals surface area contributed by atoms with Gasteiger partial charge in [0, 0.05) is 18.3 Å². The van der Waals surface area contributed by atoms with Crippen LogP contribution in [0, 0.1) is 17.2 Å². The zero-order valence-corrected chi connectivity index (χ0v) is 15.7. The van der Waals surface area contributed by atoms with Crippen LogP contribution in [-0.2, 0) is 32.1 Å². The molecule has 3 atom stereocenters. The Hall–Kier alpha value is -1.79. The summed E-state index contributed by atoms with van der Waals surface area (Å²) in [6, 6.07) is 5.65. The number of nitrogens with zero attached hydrogens (tertiary/aromatic N) is 2. The molecule has 0 radical (unpaired) electrons. The van der Waals surface area contributed by atoms with E-state index in [9.17, 15) is 5.26 Å². The number of hydrogen-bond donors (Lipinski definition) is 1. The van der Waals surface area contributed by atoms with Gasteiger partial charge in [-0.15, -0.1) is 0 Å². The van der Waals surface area contributed by atoms with E-state index in [1.807, 2.05) is 0 Å². The van der Waals surface area contributed by atoms with Gasteiger partial charge in [0.2, 0.25) is 0 Å². The third-order valence-corrected chi connectivity index (χ3v) is 7.10. The van der Waals surface area contributed by atoms with E-state index in [0.29, 0.717) is 6.04 Å². The van der Waals surface area contributed by atoms with E-state index >= 15 is 0 Å². The first-order valence-corrected chi connectivity index (χ1v) is 10.5. The summed E-state index contributed by atoms with van der Waals surface area (Å²) in [7, 11) is 0. The fraction of sp³-hybridized carbons (Fsp3) is 0.609. The van der Waals surface area contributed by atoms with Crippen LogP contribution in [-0.4, -0.2) is 30.1 Å². The van der Waals surface area contributed by atoms with Crippen LogP contribution in [0.15, 0.2) is 18.3 Å². The molecule has 1 saturated carbocycles. The lowest BCUT2D eigenvalue weighted by molar-refractivity contribution is 0.317. The summed E-state index contributed by atoms with van der Waals surface area (Å²) in [4.78, 5) is 2.30. The molecule has 2 fully saturated rings. The van der Waals surface area contributed by atoms with Crippen molar-refractivity contribution in [2.24, 2.45) is 5.92 Å². The van der Waals surface area contributed by atoms with E-state index in [2.05, 4.69) is 28.9 Å². The van der Waals surface area contributed by atoms with Crippen molar-refractivity contribution >= 4 is 0 Å². The van der Waals surface area contributed by atoms with Crippen LogP contribution in [0.25, 0.3) is 0 Å². The number of piperidine rings is 1. The van der Waals surface area contributed by atoms with Crippen LogP contribution < -0.4 is 5.32 Å². The second kappa shape index (κ2) is 6.43. The van der Waals surface area contributed by atoms with Crippen molar-refractivity contribution in [2.75, 3.05) is 13.1 Å². The minimum absolute atomic E-state index is 0.0636. The van der Waals surface area contributed by atoms with Crippen LogP contribution in [0.1, 0.15) is 53.5 Å². The average Bonchev–Trinajstić information content (AvgIpc) is 3.05. The Kier molecular flexibility index (Phi) is 4.05. The summed E-state index contributed by atoms with van der Waals surface area (Å²) >= 11 is 0. The van der Waals surface area contributed by atoms with E-state index < -0.39 is 0 Å². The van der Waals surface area contributed by atoms with Gasteiger partial charge >= 0.3 is 0 Å². The first-order chi connectivity index (χ1) is 12.8. The molecular weight excluding hydrogens is 318 g/mol. The molecule has 1 saturated heterocycles. The van der Waals surface area contributed by atoms with Crippen LogP contribution in [0.3, 0.4) is 0 Å². The lowest BCUT2D eigenvalue weighted by atomic mass is 9.92. The molecular formula is C23H29N3. The summed E-state index contributed by atoms with van der Waals surface area (Å²) < 4.78 is 0. The SMILES string of the molecule is C=C(CNCCc1c2c(cc3c1CCC3)CCC2)N1C(C#N)C[C@@H]2C[C@@H]21. The maximum atomic E-state index is 9.37. The van der Waals surface area contributed by atoms with Gasteiger partial charge in [0.1, 0.15) is 6.04 Å². The van der Waals surface area contributed by atoms with Crippen molar-refractivity contribution < 1.29 is 0 Å². The van der Waals surface area contributed by atoms with Crippen molar-refractivity contribution in [3.05, 3.63) is 46.2 Å². The van der Waals surface area contributed by atoms with Crippen molar-refractivity contribution in [1.82, 2.24) is 10.2 Å². The summed E-state index contributed by atoms with van der Waals surface area (Å²) in [6.07, 6.45) is 11.3. The molecule has 1 aromatic carbocycles. The van der Waals surface area contributed by atoms with Gasteiger partial charge in [-0.2, -0.15) is 5.26 Å². The fourth-order valence-corrected chi connectivity index (χ4v) is 5.80. The molecule has 1 aliphatic heterocycles. The highest BCUT2D eigenvalue weighted by atomic mass is 15.3. The Balaban J connectivity index is 1.21. The highest BCUT2D eigenvalue weighted by Gasteiger charge is 2.52. The molecule has 0 spiro atoms. The number of nitrogens with one attached hydrogen (secondary N) is 1. The molecule has 1 heterocycles. The Morgan fingerprint density at radius 1 is 1.15 bits per heavy atom. The number of hydrogen-bond acceptors (Lipinski definition) is 3. The van der Waals surface area contributed by atoms with Crippen molar-refractivity contribution in [2.45, 2.75) is 69.9 Å². The summed E-state index contributed by atoms with van der Waals surface area (Å²) in [5, 5.41) is 13.0. The minimum atomic E-state index is 0.0636. The first-order valence-electron chi connectivity index (χ1n) is 10.5. The van der Waals surface area contributed by atoms with Crippen molar-refractivity contribution in [3.8, 4) is 6.07 Å². The van der Waals surface area contributed by atoms with E-state index in [-0.39, 0.29) is 6.04 Å². The number of aryl methyl sites for hydroxylation is 2. The predicted molar refractivity (Wildman–Crippen MR) is 104 cm³/mol. The maximum absolute atomic E-state index is 9.37. The quantitative estimate of drug-likeness (QED) is 0.803. The van der Waals surface area contributed by atoms with Gasteiger partial charge in [0.25, 0.3) is 0 Å². The molecule has 1 N–H and O–H groups in total. The number of nitriles is 1. The van der Waals surface area contributed by atoms with Gasteiger partial charge in [-0.25, -0.2) is 0 Å². The number of rotatable bonds is 6. The molecule has 3 heteroatoms. The Morgan fingerprint density at radius 3 is 2.58 bits per heavy atom. The van der Waals surface area contributed by atoms with Crippen LogP contribution in [0.5, 0.6) is 0 Å². The third-order valence-electron chi connectivity index (χ3n) is 7.10. The summed E-state index contributed by atoms with van der Waals surface area (Å²) in [5.74, 6) is 0.755. The molecule has 26 heavy (non-hydrogen) atoms. The van der Waals surface area contributed by atoms with Crippen LogP contribution >= 0.6 is 0 Å². The average molecular weight is 348 g/mol. The molecule has 0 aromatic heterocycles. The highest BCUT2D eigenvalue weighted by molar-refractivity contribution is 5.50. The minimum Gasteiger partial charge on any atom is -0.355 e. The van der Waals surface area contributed by atoms with E-state index in [4.69, 9.17) is 0 Å². The number of likely N-dealkylation sites (tertiary alicyclic amines) is 1. The Bertz CT molecular complexity index is 755. The second-order valence-corrected chi connectivity index (χ2v) is 8.68. The zero-order chi connectivity index (χ0) is 17.7. The van der Waals surface area contributed by atoms with Gasteiger partial charge in [-0.3, -0.25) is 0 Å². The highest BCUT2D eigenvalue weighted by Crippen LogP contribution is 2.49. The molecule has 3 nitrogen and oxygen atoms in total. The normalized spacial score (nSPS) is 27.8. The van der Waals surface area contributed by atoms with Gasteiger partial charge in [0.15, 0.2) is 0 Å². The largest absolute Gasteiger partial charge is 0.355 e. The second-order valence-electron chi connectivity index (χ2n) is 8.68. The Labute approximate surface area is 157 Å².